The fraction of sp³-hybridized carbons (Fsp3) is 0.273. The zero-order valence-electron chi connectivity index (χ0n) is 8.76. The summed E-state index contributed by atoms with van der Waals surface area (Å²) in [5.41, 5.74) is 0.822. The molecule has 0 aromatic heterocycles. The van der Waals surface area contributed by atoms with Crippen molar-refractivity contribution in [1.82, 2.24) is 0 Å². The molecule has 0 N–H and O–H groups in total. The number of benzene rings is 1. The number of hydrogen-bond acceptors (Lipinski definition) is 3. The molecule has 0 aliphatic carbocycles. The molecule has 0 unspecified atom stereocenters. The molecule has 0 atom stereocenters. The minimum atomic E-state index is -0.944. The maximum Gasteiger partial charge on any atom is 0.379 e. The van der Waals surface area contributed by atoms with Gasteiger partial charge in [-0.3, -0.25) is 4.79 Å². The van der Waals surface area contributed by atoms with Crippen LogP contribution in [-0.4, -0.2) is 18.9 Å². The van der Waals surface area contributed by atoms with Crippen molar-refractivity contribution in [2.24, 2.45) is 0 Å². The molecule has 1 rings (SSSR count). The molecule has 0 aliphatic heterocycles. The molecule has 0 saturated heterocycles. The Labute approximate surface area is 86.9 Å². The third kappa shape index (κ3) is 2.21. The lowest BCUT2D eigenvalue weighted by Crippen LogP contribution is -2.16. The van der Waals surface area contributed by atoms with Gasteiger partial charge in [-0.25, -0.2) is 9.18 Å². The van der Waals surface area contributed by atoms with Crippen molar-refractivity contribution in [2.45, 2.75) is 13.8 Å². The van der Waals surface area contributed by atoms with Crippen LogP contribution in [0.3, 0.4) is 0 Å². The van der Waals surface area contributed by atoms with Crippen molar-refractivity contribution >= 4 is 11.8 Å². The molecule has 3 nitrogen and oxygen atoms in total. The number of ether oxygens (including phenoxy) is 1. The molecular formula is C11H11FO3. The number of methoxy groups -OCH3 is 1. The second-order valence-electron chi connectivity index (χ2n) is 3.24. The standard InChI is InChI=1S/C11H11FO3/c1-6-4-8(5-7(2)9(6)12)10(13)11(14)15-3/h4-5H,1-3H3. The van der Waals surface area contributed by atoms with Crippen LogP contribution >= 0.6 is 0 Å². The van der Waals surface area contributed by atoms with Gasteiger partial charge in [0, 0.05) is 5.56 Å². The first-order valence-electron chi connectivity index (χ1n) is 4.36. The molecular weight excluding hydrogens is 199 g/mol. The Bertz CT molecular complexity index is 401. The van der Waals surface area contributed by atoms with Crippen LogP contribution in [0.25, 0.3) is 0 Å². The van der Waals surface area contributed by atoms with E-state index in [1.165, 1.54) is 26.0 Å². The predicted molar refractivity (Wildman–Crippen MR) is 52.2 cm³/mol. The molecule has 1 aromatic carbocycles. The van der Waals surface area contributed by atoms with Crippen LogP contribution in [0.4, 0.5) is 4.39 Å². The zero-order valence-corrected chi connectivity index (χ0v) is 8.76. The first-order chi connectivity index (χ1) is 6.97. The SMILES string of the molecule is COC(=O)C(=O)c1cc(C)c(F)c(C)c1. The molecule has 0 fully saturated rings. The monoisotopic (exact) mass is 210 g/mol. The molecule has 0 radical (unpaired) electrons. The van der Waals surface area contributed by atoms with Crippen molar-refractivity contribution in [2.75, 3.05) is 7.11 Å². The van der Waals surface area contributed by atoms with E-state index in [1.54, 1.807) is 0 Å². The Balaban J connectivity index is 3.17. The molecule has 4 heteroatoms. The minimum absolute atomic E-state index is 0.151. The smallest absolute Gasteiger partial charge is 0.379 e. The largest absolute Gasteiger partial charge is 0.463 e. The van der Waals surface area contributed by atoms with Gasteiger partial charge in [-0.15, -0.1) is 0 Å². The second-order valence-corrected chi connectivity index (χ2v) is 3.24. The van der Waals surface area contributed by atoms with Gasteiger partial charge in [0.15, 0.2) is 0 Å². The predicted octanol–water partition coefficient (Wildman–Crippen LogP) is 1.80. The lowest BCUT2D eigenvalue weighted by molar-refractivity contribution is -0.135. The van der Waals surface area contributed by atoms with Crippen molar-refractivity contribution < 1.29 is 18.7 Å². The second kappa shape index (κ2) is 4.21. The summed E-state index contributed by atoms with van der Waals surface area (Å²) in [4.78, 5) is 22.3. The normalized spacial score (nSPS) is 9.87. The summed E-state index contributed by atoms with van der Waals surface area (Å²) in [6.07, 6.45) is 0. The summed E-state index contributed by atoms with van der Waals surface area (Å²) < 4.78 is 17.5. The Morgan fingerprint density at radius 1 is 1.20 bits per heavy atom. The molecule has 80 valence electrons. The van der Waals surface area contributed by atoms with Gasteiger partial charge in [0.05, 0.1) is 7.11 Å². The van der Waals surface area contributed by atoms with Crippen LogP contribution in [0.2, 0.25) is 0 Å². The molecule has 0 bridgehead atoms. The maximum atomic E-state index is 13.2. The highest BCUT2D eigenvalue weighted by atomic mass is 19.1. The quantitative estimate of drug-likeness (QED) is 0.424. The molecule has 0 amide bonds. The average Bonchev–Trinajstić information content (AvgIpc) is 2.23. The molecule has 0 heterocycles. The topological polar surface area (TPSA) is 43.4 Å². The highest BCUT2D eigenvalue weighted by molar-refractivity contribution is 6.40. The number of rotatable bonds is 2. The van der Waals surface area contributed by atoms with E-state index in [9.17, 15) is 14.0 Å². The number of esters is 1. The number of aryl methyl sites for hydroxylation is 2. The molecule has 1 aromatic rings. The van der Waals surface area contributed by atoms with E-state index in [0.717, 1.165) is 7.11 Å². The number of carbonyl (C=O) groups excluding carboxylic acids is 2. The van der Waals surface area contributed by atoms with Gasteiger partial charge < -0.3 is 4.74 Å². The van der Waals surface area contributed by atoms with E-state index >= 15 is 0 Å². The summed E-state index contributed by atoms with van der Waals surface area (Å²) in [5.74, 6) is -2.07. The number of ketones is 1. The molecule has 0 aliphatic rings. The van der Waals surface area contributed by atoms with Gasteiger partial charge >= 0.3 is 5.97 Å². The van der Waals surface area contributed by atoms with E-state index in [-0.39, 0.29) is 11.4 Å². The van der Waals surface area contributed by atoms with Crippen LogP contribution in [-0.2, 0) is 9.53 Å². The first kappa shape index (κ1) is 11.4. The Morgan fingerprint density at radius 2 is 1.67 bits per heavy atom. The summed E-state index contributed by atoms with van der Waals surface area (Å²) in [6.45, 7) is 3.08. The van der Waals surface area contributed by atoms with Crippen LogP contribution < -0.4 is 0 Å². The van der Waals surface area contributed by atoms with Gasteiger partial charge in [-0.05, 0) is 37.1 Å². The van der Waals surface area contributed by atoms with Gasteiger partial charge in [0.1, 0.15) is 5.82 Å². The Hall–Kier alpha value is -1.71. The summed E-state index contributed by atoms with van der Waals surface area (Å²) in [7, 11) is 1.13. The first-order valence-corrected chi connectivity index (χ1v) is 4.36. The molecule has 0 spiro atoms. The van der Waals surface area contributed by atoms with E-state index in [0.29, 0.717) is 11.1 Å². The van der Waals surface area contributed by atoms with Crippen molar-refractivity contribution in [3.63, 3.8) is 0 Å². The maximum absolute atomic E-state index is 13.2. The highest BCUT2D eigenvalue weighted by Crippen LogP contribution is 2.15. The number of halogens is 1. The fourth-order valence-electron chi connectivity index (χ4n) is 1.29. The van der Waals surface area contributed by atoms with Crippen molar-refractivity contribution in [1.29, 1.82) is 0 Å². The molecule has 15 heavy (non-hydrogen) atoms. The van der Waals surface area contributed by atoms with Gasteiger partial charge in [-0.1, -0.05) is 0 Å². The van der Waals surface area contributed by atoms with Crippen LogP contribution in [0.1, 0.15) is 21.5 Å². The fourth-order valence-corrected chi connectivity index (χ4v) is 1.29. The van der Waals surface area contributed by atoms with Crippen LogP contribution in [0, 0.1) is 19.7 Å². The molecule has 0 saturated carbocycles. The minimum Gasteiger partial charge on any atom is -0.463 e. The number of carbonyl (C=O) groups is 2. The highest BCUT2D eigenvalue weighted by Gasteiger charge is 2.18. The average molecular weight is 210 g/mol. The third-order valence-corrected chi connectivity index (χ3v) is 2.07. The van der Waals surface area contributed by atoms with E-state index in [4.69, 9.17) is 0 Å². The van der Waals surface area contributed by atoms with Gasteiger partial charge in [0.2, 0.25) is 0 Å². The van der Waals surface area contributed by atoms with Gasteiger partial charge in [0.25, 0.3) is 5.78 Å². The van der Waals surface area contributed by atoms with Crippen molar-refractivity contribution in [3.8, 4) is 0 Å². The van der Waals surface area contributed by atoms with Gasteiger partial charge in [-0.2, -0.15) is 0 Å². The van der Waals surface area contributed by atoms with E-state index < -0.39 is 11.8 Å². The third-order valence-electron chi connectivity index (χ3n) is 2.07. The van der Waals surface area contributed by atoms with E-state index in [1.807, 2.05) is 0 Å². The Morgan fingerprint density at radius 3 is 2.07 bits per heavy atom. The lowest BCUT2D eigenvalue weighted by Gasteiger charge is -2.04. The zero-order chi connectivity index (χ0) is 11.6. The van der Waals surface area contributed by atoms with Crippen LogP contribution in [0.15, 0.2) is 12.1 Å². The van der Waals surface area contributed by atoms with E-state index in [2.05, 4.69) is 4.74 Å². The number of hydrogen-bond donors (Lipinski definition) is 0. The summed E-state index contributed by atoms with van der Waals surface area (Å²) in [5, 5.41) is 0. The summed E-state index contributed by atoms with van der Waals surface area (Å²) in [6, 6.07) is 2.67. The van der Waals surface area contributed by atoms with Crippen LogP contribution in [0.5, 0.6) is 0 Å². The lowest BCUT2D eigenvalue weighted by atomic mass is 10.0. The summed E-state index contributed by atoms with van der Waals surface area (Å²) >= 11 is 0. The van der Waals surface area contributed by atoms with Crippen molar-refractivity contribution in [3.05, 3.63) is 34.6 Å². The Kier molecular flexibility index (Phi) is 3.19. The number of Topliss-reactive ketones (excluding diaryl/α,β-unsaturated/α-hetero) is 1.